The summed E-state index contributed by atoms with van der Waals surface area (Å²) in [6.07, 6.45) is 1.29. The van der Waals surface area contributed by atoms with Crippen LogP contribution in [0.25, 0.3) is 5.70 Å². The second-order valence-electron chi connectivity index (χ2n) is 8.43. The molecule has 3 heterocycles. The van der Waals surface area contributed by atoms with Crippen LogP contribution in [0.4, 0.5) is 5.95 Å². The van der Waals surface area contributed by atoms with Gasteiger partial charge in [-0.15, -0.1) is 0 Å². The SMILES string of the molecule is CCOc1cccc2c1C1=C([C@H](c3ccc(Br)cc3)n3ncnc3N1C)[C@@H](c1ccc(Br)cc1)O2. The number of anilines is 1. The highest BCUT2D eigenvalue weighted by molar-refractivity contribution is 9.10. The lowest BCUT2D eigenvalue weighted by Crippen LogP contribution is -2.37. The zero-order valence-electron chi connectivity index (χ0n) is 19.2. The highest BCUT2D eigenvalue weighted by Gasteiger charge is 2.44. The molecule has 2 aliphatic rings. The van der Waals surface area contributed by atoms with Crippen molar-refractivity contribution in [2.24, 2.45) is 0 Å². The van der Waals surface area contributed by atoms with Crippen LogP contribution in [-0.2, 0) is 0 Å². The molecular formula is C27H22Br2N4O2. The van der Waals surface area contributed by atoms with E-state index in [2.05, 4.69) is 83.2 Å². The van der Waals surface area contributed by atoms with Crippen molar-refractivity contribution in [2.75, 3.05) is 18.6 Å². The molecule has 0 saturated heterocycles. The van der Waals surface area contributed by atoms with Gasteiger partial charge in [-0.05, 0) is 54.4 Å². The zero-order valence-corrected chi connectivity index (χ0v) is 22.3. The Hall–Kier alpha value is -3.10. The quantitative estimate of drug-likeness (QED) is 0.261. The maximum atomic E-state index is 6.78. The largest absolute Gasteiger partial charge is 0.493 e. The van der Waals surface area contributed by atoms with E-state index < -0.39 is 0 Å². The van der Waals surface area contributed by atoms with E-state index in [1.165, 1.54) is 0 Å². The minimum Gasteiger partial charge on any atom is -0.493 e. The lowest BCUT2D eigenvalue weighted by Gasteiger charge is -2.42. The van der Waals surface area contributed by atoms with Gasteiger partial charge in [0, 0.05) is 21.6 Å². The van der Waals surface area contributed by atoms with Crippen LogP contribution in [0.1, 0.15) is 35.8 Å². The van der Waals surface area contributed by atoms with E-state index in [0.29, 0.717) is 6.61 Å². The van der Waals surface area contributed by atoms with Gasteiger partial charge in [0.05, 0.1) is 17.9 Å². The first-order valence-electron chi connectivity index (χ1n) is 11.4. The molecule has 2 aliphatic heterocycles. The van der Waals surface area contributed by atoms with Gasteiger partial charge in [0.25, 0.3) is 0 Å². The van der Waals surface area contributed by atoms with Crippen molar-refractivity contribution < 1.29 is 9.47 Å². The van der Waals surface area contributed by atoms with E-state index in [9.17, 15) is 0 Å². The third-order valence-corrected chi connectivity index (χ3v) is 7.47. The average molecular weight is 594 g/mol. The third-order valence-electron chi connectivity index (χ3n) is 6.41. The van der Waals surface area contributed by atoms with Crippen LogP contribution in [-0.4, -0.2) is 28.4 Å². The summed E-state index contributed by atoms with van der Waals surface area (Å²) >= 11 is 7.14. The van der Waals surface area contributed by atoms with Gasteiger partial charge >= 0.3 is 0 Å². The minimum atomic E-state index is -0.323. The van der Waals surface area contributed by atoms with Crippen LogP contribution in [0, 0.1) is 0 Å². The lowest BCUT2D eigenvalue weighted by atomic mass is 9.84. The first-order chi connectivity index (χ1) is 17.1. The Bertz CT molecular complexity index is 1430. The normalized spacial score (nSPS) is 18.5. The molecule has 3 aromatic carbocycles. The maximum absolute atomic E-state index is 6.78. The molecule has 0 fully saturated rings. The van der Waals surface area contributed by atoms with E-state index in [1.807, 2.05) is 49.0 Å². The molecule has 8 heteroatoms. The van der Waals surface area contributed by atoms with Crippen molar-refractivity contribution in [2.45, 2.75) is 19.1 Å². The number of nitrogens with zero attached hydrogens (tertiary/aromatic N) is 4. The van der Waals surface area contributed by atoms with Crippen molar-refractivity contribution in [1.82, 2.24) is 14.8 Å². The van der Waals surface area contributed by atoms with Crippen molar-refractivity contribution in [3.8, 4) is 11.5 Å². The molecule has 0 bridgehead atoms. The van der Waals surface area contributed by atoms with Gasteiger partial charge in [-0.2, -0.15) is 10.1 Å². The molecule has 6 nitrogen and oxygen atoms in total. The standard InChI is InChI=1S/C27H22Br2N4O2/c1-3-34-20-5-4-6-21-22(20)25-23(26(35-21)17-9-13-19(29)14-10-17)24(16-7-11-18(28)12-8-16)33-27(32(25)2)30-15-31-33/h4-15,24,26H,3H2,1-2H3/t24-,26+/m0/s1. The Morgan fingerprint density at radius 1 is 0.943 bits per heavy atom. The summed E-state index contributed by atoms with van der Waals surface area (Å²) in [5, 5.41) is 4.66. The predicted octanol–water partition coefficient (Wildman–Crippen LogP) is 6.79. The lowest BCUT2D eigenvalue weighted by molar-refractivity contribution is 0.219. The maximum Gasteiger partial charge on any atom is 0.229 e. The van der Waals surface area contributed by atoms with Gasteiger partial charge in [0.2, 0.25) is 5.95 Å². The number of rotatable bonds is 4. The number of hydrogen-bond acceptors (Lipinski definition) is 5. The van der Waals surface area contributed by atoms with E-state index in [0.717, 1.165) is 54.4 Å². The van der Waals surface area contributed by atoms with Gasteiger partial charge in [-0.3, -0.25) is 0 Å². The Labute approximate surface area is 220 Å². The molecule has 0 unspecified atom stereocenters. The van der Waals surface area contributed by atoms with Crippen molar-refractivity contribution in [3.05, 3.63) is 104 Å². The highest BCUT2D eigenvalue weighted by Crippen LogP contribution is 2.54. The molecule has 176 valence electrons. The van der Waals surface area contributed by atoms with Crippen molar-refractivity contribution in [1.29, 1.82) is 0 Å². The molecule has 1 aromatic heterocycles. The van der Waals surface area contributed by atoms with Crippen molar-refractivity contribution >= 4 is 43.5 Å². The van der Waals surface area contributed by atoms with Crippen LogP contribution in [0.2, 0.25) is 0 Å². The summed E-state index contributed by atoms with van der Waals surface area (Å²) in [7, 11) is 2.03. The van der Waals surface area contributed by atoms with E-state index in [1.54, 1.807) is 6.33 Å². The van der Waals surface area contributed by atoms with Crippen LogP contribution in [0.15, 0.2) is 87.6 Å². The summed E-state index contributed by atoms with van der Waals surface area (Å²) in [6.45, 7) is 2.56. The summed E-state index contributed by atoms with van der Waals surface area (Å²) in [6, 6.07) is 22.4. The molecule has 2 atom stereocenters. The molecule has 4 aromatic rings. The fourth-order valence-corrected chi connectivity index (χ4v) is 5.49. The van der Waals surface area contributed by atoms with E-state index in [4.69, 9.17) is 9.47 Å². The molecule has 6 rings (SSSR count). The van der Waals surface area contributed by atoms with Crippen LogP contribution in [0.3, 0.4) is 0 Å². The number of fused-ring (bicyclic) bond motifs is 3. The zero-order chi connectivity index (χ0) is 24.1. The molecule has 0 amide bonds. The predicted molar refractivity (Wildman–Crippen MR) is 143 cm³/mol. The van der Waals surface area contributed by atoms with Gasteiger partial charge < -0.3 is 14.4 Å². The Kier molecular flexibility index (Phi) is 5.65. The Morgan fingerprint density at radius 2 is 1.63 bits per heavy atom. The van der Waals surface area contributed by atoms with Gasteiger partial charge in [0.15, 0.2) is 0 Å². The Balaban J connectivity index is 1.67. The topological polar surface area (TPSA) is 52.4 Å². The highest BCUT2D eigenvalue weighted by atomic mass is 79.9. The molecular weight excluding hydrogens is 572 g/mol. The van der Waals surface area contributed by atoms with E-state index >= 15 is 0 Å². The molecule has 35 heavy (non-hydrogen) atoms. The van der Waals surface area contributed by atoms with Gasteiger partial charge in [-0.1, -0.05) is 62.2 Å². The molecule has 0 N–H and O–H groups in total. The van der Waals surface area contributed by atoms with Crippen molar-refractivity contribution in [3.63, 3.8) is 0 Å². The summed E-state index contributed by atoms with van der Waals surface area (Å²) in [5.74, 6) is 2.35. The van der Waals surface area contributed by atoms with Gasteiger partial charge in [0.1, 0.15) is 30.0 Å². The summed E-state index contributed by atoms with van der Waals surface area (Å²) in [5.41, 5.74) is 5.24. The second-order valence-corrected chi connectivity index (χ2v) is 10.3. The molecule has 0 radical (unpaired) electrons. The average Bonchev–Trinajstić information content (AvgIpc) is 3.35. The second kappa shape index (κ2) is 8.84. The third kappa shape index (κ3) is 3.67. The summed E-state index contributed by atoms with van der Waals surface area (Å²) < 4.78 is 16.9. The Morgan fingerprint density at radius 3 is 2.31 bits per heavy atom. The minimum absolute atomic E-state index is 0.205. The first-order valence-corrected chi connectivity index (χ1v) is 13.0. The number of hydrogen-bond donors (Lipinski definition) is 0. The van der Waals surface area contributed by atoms with Crippen LogP contribution in [0.5, 0.6) is 11.5 Å². The van der Waals surface area contributed by atoms with E-state index in [-0.39, 0.29) is 12.1 Å². The summed E-state index contributed by atoms with van der Waals surface area (Å²) in [4.78, 5) is 6.73. The fourth-order valence-electron chi connectivity index (χ4n) is 4.96. The number of benzene rings is 3. The van der Waals surface area contributed by atoms with Crippen LogP contribution < -0.4 is 14.4 Å². The smallest absolute Gasteiger partial charge is 0.229 e. The molecule has 0 saturated carbocycles. The number of halogens is 2. The molecule has 0 aliphatic carbocycles. The fraction of sp³-hybridized carbons (Fsp3) is 0.185. The molecule has 0 spiro atoms. The monoisotopic (exact) mass is 592 g/mol. The van der Waals surface area contributed by atoms with Gasteiger partial charge in [-0.25, -0.2) is 4.68 Å². The number of ether oxygens (including phenoxy) is 2. The van der Waals surface area contributed by atoms with Crippen LogP contribution >= 0.6 is 31.9 Å². The number of aromatic nitrogens is 3. The first kappa shape index (κ1) is 22.4.